The van der Waals surface area contributed by atoms with Crippen LogP contribution in [0.15, 0.2) is 36.4 Å². The molecule has 2 rings (SSSR count). The van der Waals surface area contributed by atoms with Gasteiger partial charge in [-0.3, -0.25) is 4.79 Å². The Morgan fingerprint density at radius 2 is 1.79 bits per heavy atom. The standard InChI is InChI=1S/C16H13F4NO3/c17-9-1-3-12(14(19)5-9)16(23)21-7-10(22)8-24-11-2-4-13(18)15(20)6-11/h1-6,10,22H,7-8H2,(H,21,23)/t10-/m1/s1. The largest absolute Gasteiger partial charge is 0.491 e. The number of nitrogens with one attached hydrogen (secondary N) is 1. The molecule has 1 atom stereocenters. The van der Waals surface area contributed by atoms with Crippen molar-refractivity contribution in [2.75, 3.05) is 13.2 Å². The van der Waals surface area contributed by atoms with E-state index in [9.17, 15) is 27.5 Å². The zero-order chi connectivity index (χ0) is 17.7. The first kappa shape index (κ1) is 17.7. The number of carbonyl (C=O) groups is 1. The molecular weight excluding hydrogens is 330 g/mol. The van der Waals surface area contributed by atoms with Crippen LogP contribution in [-0.2, 0) is 0 Å². The summed E-state index contributed by atoms with van der Waals surface area (Å²) in [5.74, 6) is -4.80. The van der Waals surface area contributed by atoms with Crippen molar-refractivity contribution in [2.45, 2.75) is 6.10 Å². The second kappa shape index (κ2) is 7.78. The van der Waals surface area contributed by atoms with Gasteiger partial charge >= 0.3 is 0 Å². The molecule has 0 heterocycles. The summed E-state index contributed by atoms with van der Waals surface area (Å²) in [6.45, 7) is -0.587. The molecule has 1 amide bonds. The van der Waals surface area contributed by atoms with Gasteiger partial charge in [0.05, 0.1) is 5.56 Å². The molecule has 0 saturated carbocycles. The molecule has 4 nitrogen and oxygen atoms in total. The van der Waals surface area contributed by atoms with E-state index in [2.05, 4.69) is 5.32 Å². The molecule has 0 aromatic heterocycles. The zero-order valence-corrected chi connectivity index (χ0v) is 12.2. The number of carbonyl (C=O) groups excluding carboxylic acids is 1. The fourth-order valence-corrected chi connectivity index (χ4v) is 1.80. The molecule has 2 aromatic rings. The SMILES string of the molecule is O=C(NC[C@@H](O)COc1ccc(F)c(F)c1)c1ccc(F)cc1F. The first-order chi connectivity index (χ1) is 11.4. The van der Waals surface area contributed by atoms with Crippen LogP contribution in [0.3, 0.4) is 0 Å². The maximum atomic E-state index is 13.4. The Morgan fingerprint density at radius 1 is 1.04 bits per heavy atom. The smallest absolute Gasteiger partial charge is 0.254 e. The van der Waals surface area contributed by atoms with Crippen molar-refractivity contribution >= 4 is 5.91 Å². The number of amides is 1. The summed E-state index contributed by atoms with van der Waals surface area (Å²) in [5.41, 5.74) is -0.370. The normalized spacial score (nSPS) is 11.9. The lowest BCUT2D eigenvalue weighted by molar-refractivity contribution is 0.0840. The third kappa shape index (κ3) is 4.69. The molecule has 0 unspecified atom stereocenters. The molecule has 128 valence electrons. The first-order valence-electron chi connectivity index (χ1n) is 6.86. The van der Waals surface area contributed by atoms with E-state index >= 15 is 0 Å². The monoisotopic (exact) mass is 343 g/mol. The Hall–Kier alpha value is -2.61. The number of rotatable bonds is 6. The van der Waals surface area contributed by atoms with Crippen LogP contribution in [0.5, 0.6) is 5.75 Å². The molecule has 0 fully saturated rings. The van der Waals surface area contributed by atoms with Crippen molar-refractivity contribution in [3.8, 4) is 5.75 Å². The van der Waals surface area contributed by atoms with Crippen LogP contribution in [0.4, 0.5) is 17.6 Å². The Morgan fingerprint density at radius 3 is 2.46 bits per heavy atom. The number of hydrogen-bond donors (Lipinski definition) is 2. The molecule has 2 N–H and O–H groups in total. The van der Waals surface area contributed by atoms with Crippen LogP contribution in [0.2, 0.25) is 0 Å². The molecule has 0 bridgehead atoms. The third-order valence-electron chi connectivity index (χ3n) is 3.01. The summed E-state index contributed by atoms with van der Waals surface area (Å²) in [6.07, 6.45) is -1.18. The second-order valence-corrected chi connectivity index (χ2v) is 4.87. The van der Waals surface area contributed by atoms with Crippen LogP contribution < -0.4 is 10.1 Å². The van der Waals surface area contributed by atoms with E-state index in [1.807, 2.05) is 0 Å². The Balaban J connectivity index is 1.83. The van der Waals surface area contributed by atoms with Gasteiger partial charge in [-0.1, -0.05) is 0 Å². The summed E-state index contributed by atoms with van der Waals surface area (Å²) >= 11 is 0. The Bertz CT molecular complexity index is 739. The number of aliphatic hydroxyl groups excluding tert-OH is 1. The molecule has 24 heavy (non-hydrogen) atoms. The topological polar surface area (TPSA) is 58.6 Å². The van der Waals surface area contributed by atoms with E-state index in [-0.39, 0.29) is 24.5 Å². The number of benzene rings is 2. The van der Waals surface area contributed by atoms with E-state index in [0.717, 1.165) is 24.3 Å². The van der Waals surface area contributed by atoms with E-state index < -0.39 is 35.3 Å². The highest BCUT2D eigenvalue weighted by atomic mass is 19.2. The number of hydrogen-bond acceptors (Lipinski definition) is 3. The van der Waals surface area contributed by atoms with Crippen molar-refractivity contribution in [3.05, 3.63) is 65.2 Å². The molecule has 0 saturated heterocycles. The summed E-state index contributed by atoms with van der Waals surface area (Å²) in [6, 6.07) is 5.34. The summed E-state index contributed by atoms with van der Waals surface area (Å²) < 4.78 is 56.9. The molecule has 0 aliphatic rings. The number of ether oxygens (including phenoxy) is 1. The zero-order valence-electron chi connectivity index (χ0n) is 12.2. The van der Waals surface area contributed by atoms with E-state index in [0.29, 0.717) is 6.07 Å². The highest BCUT2D eigenvalue weighted by Crippen LogP contribution is 2.15. The first-order valence-corrected chi connectivity index (χ1v) is 6.86. The van der Waals surface area contributed by atoms with Gasteiger partial charge in [0, 0.05) is 18.7 Å². The van der Waals surface area contributed by atoms with E-state index in [1.54, 1.807) is 0 Å². The van der Waals surface area contributed by atoms with Crippen LogP contribution in [0.1, 0.15) is 10.4 Å². The van der Waals surface area contributed by atoms with Gasteiger partial charge < -0.3 is 15.2 Å². The Kier molecular flexibility index (Phi) is 5.75. The minimum Gasteiger partial charge on any atom is -0.491 e. The van der Waals surface area contributed by atoms with Gasteiger partial charge in [-0.25, -0.2) is 17.6 Å². The molecular formula is C16H13F4NO3. The van der Waals surface area contributed by atoms with Crippen LogP contribution in [-0.4, -0.2) is 30.3 Å². The second-order valence-electron chi connectivity index (χ2n) is 4.87. The average Bonchev–Trinajstić information content (AvgIpc) is 2.53. The third-order valence-corrected chi connectivity index (χ3v) is 3.01. The van der Waals surface area contributed by atoms with Gasteiger partial charge in [0.2, 0.25) is 0 Å². The fraction of sp³-hybridized carbons (Fsp3) is 0.188. The minimum absolute atomic E-state index is 0.00357. The van der Waals surface area contributed by atoms with Gasteiger partial charge in [-0.05, 0) is 24.3 Å². The summed E-state index contributed by atoms with van der Waals surface area (Å²) in [5, 5.41) is 11.9. The highest BCUT2D eigenvalue weighted by Gasteiger charge is 2.14. The number of halogens is 4. The molecule has 0 spiro atoms. The van der Waals surface area contributed by atoms with Crippen molar-refractivity contribution in [1.29, 1.82) is 0 Å². The predicted octanol–water partition coefficient (Wildman–Crippen LogP) is 2.41. The maximum absolute atomic E-state index is 13.4. The van der Waals surface area contributed by atoms with Crippen molar-refractivity contribution < 1.29 is 32.2 Å². The Labute approximate surface area is 134 Å². The molecule has 2 aromatic carbocycles. The van der Waals surface area contributed by atoms with Crippen LogP contribution >= 0.6 is 0 Å². The van der Waals surface area contributed by atoms with Gasteiger partial charge in [-0.15, -0.1) is 0 Å². The lowest BCUT2D eigenvalue weighted by atomic mass is 10.2. The lowest BCUT2D eigenvalue weighted by Crippen LogP contribution is -2.35. The van der Waals surface area contributed by atoms with Crippen molar-refractivity contribution in [3.63, 3.8) is 0 Å². The molecule has 0 aliphatic heterocycles. The van der Waals surface area contributed by atoms with Crippen molar-refractivity contribution in [1.82, 2.24) is 5.32 Å². The molecule has 0 aliphatic carbocycles. The van der Waals surface area contributed by atoms with Crippen LogP contribution in [0, 0.1) is 23.3 Å². The van der Waals surface area contributed by atoms with Gasteiger partial charge in [0.25, 0.3) is 5.91 Å². The quantitative estimate of drug-likeness (QED) is 0.792. The van der Waals surface area contributed by atoms with Crippen molar-refractivity contribution in [2.24, 2.45) is 0 Å². The highest BCUT2D eigenvalue weighted by molar-refractivity contribution is 5.94. The van der Waals surface area contributed by atoms with Gasteiger partial charge in [0.1, 0.15) is 30.1 Å². The lowest BCUT2D eigenvalue weighted by Gasteiger charge is -2.13. The predicted molar refractivity (Wildman–Crippen MR) is 76.6 cm³/mol. The van der Waals surface area contributed by atoms with Gasteiger partial charge in [0.15, 0.2) is 11.6 Å². The molecule has 8 heteroatoms. The summed E-state index contributed by atoms with van der Waals surface area (Å²) in [7, 11) is 0. The average molecular weight is 343 g/mol. The van der Waals surface area contributed by atoms with E-state index in [1.165, 1.54) is 6.07 Å². The van der Waals surface area contributed by atoms with E-state index in [4.69, 9.17) is 4.74 Å². The minimum atomic E-state index is -1.18. The number of aliphatic hydroxyl groups is 1. The molecule has 0 radical (unpaired) electrons. The fourth-order valence-electron chi connectivity index (χ4n) is 1.80. The maximum Gasteiger partial charge on any atom is 0.254 e. The van der Waals surface area contributed by atoms with Crippen LogP contribution in [0.25, 0.3) is 0 Å². The summed E-state index contributed by atoms with van der Waals surface area (Å²) in [4.78, 5) is 11.7. The van der Waals surface area contributed by atoms with Gasteiger partial charge in [-0.2, -0.15) is 0 Å².